The number of nitro benzene ring substituents is 1. The van der Waals surface area contributed by atoms with Gasteiger partial charge >= 0.3 is 11.9 Å². The van der Waals surface area contributed by atoms with Crippen molar-refractivity contribution in [2.45, 2.75) is 20.8 Å². The Kier molecular flexibility index (Phi) is 6.25. The van der Waals surface area contributed by atoms with Gasteiger partial charge in [-0.15, -0.1) is 0 Å². The Balaban J connectivity index is 3.35. The van der Waals surface area contributed by atoms with Crippen LogP contribution in [0, 0.1) is 17.0 Å². The van der Waals surface area contributed by atoms with Crippen molar-refractivity contribution in [3.8, 4) is 0 Å². The van der Waals surface area contributed by atoms with E-state index >= 15 is 0 Å². The molecule has 22 heavy (non-hydrogen) atoms. The van der Waals surface area contributed by atoms with E-state index in [9.17, 15) is 19.7 Å². The number of hydrogen-bond donors (Lipinski definition) is 0. The lowest BCUT2D eigenvalue weighted by Crippen LogP contribution is -2.18. The molecule has 0 saturated carbocycles. The minimum Gasteiger partial charge on any atom is -0.462 e. The van der Waals surface area contributed by atoms with E-state index in [1.165, 1.54) is 12.1 Å². The highest BCUT2D eigenvalue weighted by Gasteiger charge is 2.23. The molecule has 0 atom stereocenters. The summed E-state index contributed by atoms with van der Waals surface area (Å²) in [5.74, 6) is -1.76. The number of aryl methyl sites for hydroxylation is 1. The normalized spacial score (nSPS) is 9.77. The molecule has 0 radical (unpaired) electrons. The molecule has 0 amide bonds. The van der Waals surface area contributed by atoms with Crippen LogP contribution in [0.15, 0.2) is 23.8 Å². The summed E-state index contributed by atoms with van der Waals surface area (Å²) in [5, 5.41) is 11.1. The third-order valence-electron chi connectivity index (χ3n) is 2.67. The molecule has 0 saturated heterocycles. The van der Waals surface area contributed by atoms with Crippen molar-refractivity contribution in [3.63, 3.8) is 0 Å². The van der Waals surface area contributed by atoms with Crippen LogP contribution >= 0.6 is 0 Å². The topological polar surface area (TPSA) is 95.7 Å². The van der Waals surface area contributed by atoms with E-state index in [1.807, 2.05) is 0 Å². The van der Waals surface area contributed by atoms with Crippen LogP contribution in [-0.2, 0) is 19.1 Å². The van der Waals surface area contributed by atoms with E-state index in [1.54, 1.807) is 26.8 Å². The number of esters is 2. The maximum absolute atomic E-state index is 11.9. The summed E-state index contributed by atoms with van der Waals surface area (Å²) >= 11 is 0. The third kappa shape index (κ3) is 4.41. The van der Waals surface area contributed by atoms with Crippen molar-refractivity contribution in [3.05, 3.63) is 45.0 Å². The molecule has 0 heterocycles. The number of nitrogens with zero attached hydrogens (tertiary/aromatic N) is 1. The summed E-state index contributed by atoms with van der Waals surface area (Å²) in [4.78, 5) is 34.2. The lowest BCUT2D eigenvalue weighted by molar-refractivity contribution is -0.385. The smallest absolute Gasteiger partial charge is 0.345 e. The van der Waals surface area contributed by atoms with Gasteiger partial charge in [-0.2, -0.15) is 0 Å². The molecule has 0 aliphatic rings. The van der Waals surface area contributed by atoms with Crippen molar-refractivity contribution in [1.82, 2.24) is 0 Å². The van der Waals surface area contributed by atoms with Crippen LogP contribution in [0.2, 0.25) is 0 Å². The van der Waals surface area contributed by atoms with Crippen molar-refractivity contribution in [1.29, 1.82) is 0 Å². The van der Waals surface area contributed by atoms with Crippen LogP contribution in [0.5, 0.6) is 0 Å². The first-order valence-electron chi connectivity index (χ1n) is 6.71. The zero-order valence-corrected chi connectivity index (χ0v) is 12.6. The molecule has 0 aliphatic carbocycles. The second-order valence-electron chi connectivity index (χ2n) is 4.32. The largest absolute Gasteiger partial charge is 0.462 e. The van der Waals surface area contributed by atoms with Gasteiger partial charge in [-0.05, 0) is 38.5 Å². The minimum atomic E-state index is -0.879. The number of ether oxygens (including phenoxy) is 2. The van der Waals surface area contributed by atoms with Crippen molar-refractivity contribution >= 4 is 23.7 Å². The van der Waals surface area contributed by atoms with Gasteiger partial charge in [0, 0.05) is 6.07 Å². The summed E-state index contributed by atoms with van der Waals surface area (Å²) in [5.41, 5.74) is 0.242. The first kappa shape index (κ1) is 17.4. The summed E-state index contributed by atoms with van der Waals surface area (Å²) in [7, 11) is 0. The number of hydrogen-bond acceptors (Lipinski definition) is 6. The van der Waals surface area contributed by atoms with E-state index < -0.39 is 16.9 Å². The zero-order valence-electron chi connectivity index (χ0n) is 12.6. The molecule has 0 aliphatic heterocycles. The molecular weight excluding hydrogens is 290 g/mol. The molecule has 0 fully saturated rings. The summed E-state index contributed by atoms with van der Waals surface area (Å²) in [6.45, 7) is 5.04. The molecule has 0 unspecified atom stereocenters. The number of benzene rings is 1. The van der Waals surface area contributed by atoms with Crippen LogP contribution in [-0.4, -0.2) is 30.1 Å². The van der Waals surface area contributed by atoms with Gasteiger partial charge in [0.15, 0.2) is 0 Å². The van der Waals surface area contributed by atoms with Crippen LogP contribution < -0.4 is 0 Å². The van der Waals surface area contributed by atoms with Gasteiger partial charge in [-0.3, -0.25) is 10.1 Å². The van der Waals surface area contributed by atoms with Crippen LogP contribution in [0.1, 0.15) is 25.0 Å². The van der Waals surface area contributed by atoms with Gasteiger partial charge in [0.25, 0.3) is 5.69 Å². The highest BCUT2D eigenvalue weighted by molar-refractivity contribution is 6.17. The van der Waals surface area contributed by atoms with Crippen molar-refractivity contribution in [2.24, 2.45) is 0 Å². The molecule has 7 nitrogen and oxygen atoms in total. The molecular formula is C15H17NO6. The average Bonchev–Trinajstić information content (AvgIpc) is 2.46. The Labute approximate surface area is 127 Å². The van der Waals surface area contributed by atoms with Gasteiger partial charge in [-0.1, -0.05) is 6.07 Å². The number of carbonyl (C=O) groups is 2. The lowest BCUT2D eigenvalue weighted by atomic mass is 10.1. The van der Waals surface area contributed by atoms with Crippen LogP contribution in [0.3, 0.4) is 0 Å². The minimum absolute atomic E-state index is 0.0750. The maximum Gasteiger partial charge on any atom is 0.345 e. The fourth-order valence-electron chi connectivity index (χ4n) is 1.71. The maximum atomic E-state index is 11.9. The Morgan fingerprint density at radius 1 is 1.18 bits per heavy atom. The third-order valence-corrected chi connectivity index (χ3v) is 2.67. The lowest BCUT2D eigenvalue weighted by Gasteiger charge is -2.07. The first-order valence-corrected chi connectivity index (χ1v) is 6.71. The molecule has 1 rings (SSSR count). The van der Waals surface area contributed by atoms with E-state index in [4.69, 9.17) is 9.47 Å². The number of nitro groups is 1. The summed E-state index contributed by atoms with van der Waals surface area (Å²) in [6, 6.07) is 4.47. The molecule has 1 aromatic carbocycles. The van der Waals surface area contributed by atoms with E-state index in [2.05, 4.69) is 0 Å². The summed E-state index contributed by atoms with van der Waals surface area (Å²) < 4.78 is 9.58. The number of carbonyl (C=O) groups excluding carboxylic acids is 2. The molecule has 0 aromatic heterocycles. The first-order chi connectivity index (χ1) is 10.4. The predicted molar refractivity (Wildman–Crippen MR) is 79.1 cm³/mol. The van der Waals surface area contributed by atoms with Gasteiger partial charge in [-0.25, -0.2) is 9.59 Å². The SMILES string of the molecule is CCOC(=O)C(=Cc1ccc(C)cc1[N+](=O)[O-])C(=O)OCC. The van der Waals surface area contributed by atoms with Gasteiger partial charge in [0.2, 0.25) is 0 Å². The Bertz CT molecular complexity index is 600. The standard InChI is InChI=1S/C15H17NO6/c1-4-21-14(17)12(15(18)22-5-2)9-11-7-6-10(3)8-13(11)16(19)20/h6-9H,4-5H2,1-3H3. The zero-order chi connectivity index (χ0) is 16.7. The molecule has 0 spiro atoms. The predicted octanol–water partition coefficient (Wildman–Crippen LogP) is 2.41. The Morgan fingerprint density at radius 3 is 2.18 bits per heavy atom. The average molecular weight is 307 g/mol. The molecule has 0 bridgehead atoms. The molecule has 7 heteroatoms. The molecule has 0 N–H and O–H groups in total. The van der Waals surface area contributed by atoms with Gasteiger partial charge < -0.3 is 9.47 Å². The van der Waals surface area contributed by atoms with Crippen molar-refractivity contribution in [2.75, 3.05) is 13.2 Å². The number of rotatable bonds is 6. The quantitative estimate of drug-likeness (QED) is 0.200. The summed E-state index contributed by atoms with van der Waals surface area (Å²) in [6.07, 6.45) is 1.12. The second-order valence-corrected chi connectivity index (χ2v) is 4.32. The molecule has 1 aromatic rings. The van der Waals surface area contributed by atoms with Crippen molar-refractivity contribution < 1.29 is 24.0 Å². The highest BCUT2D eigenvalue weighted by Crippen LogP contribution is 2.23. The molecule has 118 valence electrons. The van der Waals surface area contributed by atoms with E-state index in [0.717, 1.165) is 6.08 Å². The second kappa shape index (κ2) is 7.92. The fourth-order valence-corrected chi connectivity index (χ4v) is 1.71. The van der Waals surface area contributed by atoms with Crippen LogP contribution in [0.25, 0.3) is 6.08 Å². The van der Waals surface area contributed by atoms with Crippen LogP contribution in [0.4, 0.5) is 5.69 Å². The van der Waals surface area contributed by atoms with E-state index in [-0.39, 0.29) is 30.0 Å². The van der Waals surface area contributed by atoms with E-state index in [0.29, 0.717) is 5.56 Å². The monoisotopic (exact) mass is 307 g/mol. The fraction of sp³-hybridized carbons (Fsp3) is 0.333. The Hall–Kier alpha value is -2.70. The highest BCUT2D eigenvalue weighted by atomic mass is 16.6. The van der Waals surface area contributed by atoms with Gasteiger partial charge in [0.1, 0.15) is 5.57 Å². The Morgan fingerprint density at radius 2 is 1.73 bits per heavy atom. The van der Waals surface area contributed by atoms with Gasteiger partial charge in [0.05, 0.1) is 23.7 Å².